The van der Waals surface area contributed by atoms with E-state index in [0.717, 1.165) is 32.2 Å². The van der Waals surface area contributed by atoms with E-state index >= 15 is 0 Å². The molecule has 0 aliphatic carbocycles. The largest absolute Gasteiger partial charge is 0.363 e. The quantitative estimate of drug-likeness (QED) is 0.556. The summed E-state index contributed by atoms with van der Waals surface area (Å²) in [5, 5.41) is 15.4. The molecule has 2 saturated heterocycles. The van der Waals surface area contributed by atoms with Gasteiger partial charge in [0.15, 0.2) is 0 Å². The maximum atomic E-state index is 13.3. The molecule has 2 fully saturated rings. The normalized spacial score (nSPS) is 21.0. The molecule has 9 heteroatoms. The van der Waals surface area contributed by atoms with Crippen LogP contribution in [0.15, 0.2) is 39.9 Å². The molecule has 3 heterocycles. The first kappa shape index (κ1) is 18.4. The van der Waals surface area contributed by atoms with E-state index in [4.69, 9.17) is 0 Å². The second-order valence-corrected chi connectivity index (χ2v) is 9.61. The fourth-order valence-corrected chi connectivity index (χ4v) is 6.44. The first-order valence-corrected chi connectivity index (χ1v) is 11.4. The average molecular weight is 408 g/mol. The van der Waals surface area contributed by atoms with Crippen molar-refractivity contribution in [2.75, 3.05) is 24.5 Å². The van der Waals surface area contributed by atoms with E-state index < -0.39 is 14.9 Å². The Hall–Kier alpha value is -1.97. The van der Waals surface area contributed by atoms with Crippen molar-refractivity contribution in [2.24, 2.45) is 0 Å². The summed E-state index contributed by atoms with van der Waals surface area (Å²) in [5.74, 6) is 0. The number of anilines is 1. The molecule has 0 amide bonds. The van der Waals surface area contributed by atoms with Crippen molar-refractivity contribution >= 4 is 32.7 Å². The van der Waals surface area contributed by atoms with Crippen LogP contribution in [-0.4, -0.2) is 37.3 Å². The van der Waals surface area contributed by atoms with Gasteiger partial charge in [-0.1, -0.05) is 0 Å². The van der Waals surface area contributed by atoms with Gasteiger partial charge in [-0.25, -0.2) is 8.42 Å². The number of hydrogen-bond acceptors (Lipinski definition) is 6. The second-order valence-electron chi connectivity index (χ2n) is 6.93. The van der Waals surface area contributed by atoms with Gasteiger partial charge in [-0.3, -0.25) is 10.1 Å². The smallest absolute Gasteiger partial charge is 0.270 e. The highest BCUT2D eigenvalue weighted by Gasteiger charge is 2.35. The molecule has 0 radical (unpaired) electrons. The molecule has 2 aromatic rings. The van der Waals surface area contributed by atoms with Crippen LogP contribution in [0.25, 0.3) is 0 Å². The first-order valence-electron chi connectivity index (χ1n) is 9.06. The van der Waals surface area contributed by atoms with Gasteiger partial charge in [-0.05, 0) is 54.1 Å². The van der Waals surface area contributed by atoms with Gasteiger partial charge in [0.25, 0.3) is 5.69 Å². The molecule has 4 rings (SSSR count). The summed E-state index contributed by atoms with van der Waals surface area (Å²) in [6.07, 6.45) is 3.55. The van der Waals surface area contributed by atoms with Gasteiger partial charge in [0, 0.05) is 31.8 Å². The van der Waals surface area contributed by atoms with Crippen LogP contribution in [0.2, 0.25) is 0 Å². The predicted octanol–water partition coefficient (Wildman–Crippen LogP) is 3.78. The first-order chi connectivity index (χ1) is 13.0. The summed E-state index contributed by atoms with van der Waals surface area (Å²) >= 11 is 1.62. The number of non-ortho nitro benzene ring substituents is 1. The Morgan fingerprint density at radius 2 is 1.89 bits per heavy atom. The molecule has 0 saturated carbocycles. The van der Waals surface area contributed by atoms with Crippen molar-refractivity contribution in [1.29, 1.82) is 0 Å². The zero-order valence-corrected chi connectivity index (χ0v) is 16.4. The highest BCUT2D eigenvalue weighted by Crippen LogP contribution is 2.41. The molecular formula is C18H21N3O4S2. The van der Waals surface area contributed by atoms with Crippen molar-refractivity contribution < 1.29 is 13.3 Å². The number of hydrogen-bond donors (Lipinski definition) is 0. The zero-order chi connectivity index (χ0) is 19.0. The Morgan fingerprint density at radius 3 is 2.56 bits per heavy atom. The maximum Gasteiger partial charge on any atom is 0.270 e. The fourth-order valence-electron chi connectivity index (χ4n) is 3.99. The Bertz CT molecular complexity index is 938. The summed E-state index contributed by atoms with van der Waals surface area (Å²) in [4.78, 5) is 12.9. The molecule has 27 heavy (non-hydrogen) atoms. The minimum absolute atomic E-state index is 0.0562. The van der Waals surface area contributed by atoms with Gasteiger partial charge in [0.2, 0.25) is 10.0 Å². The average Bonchev–Trinajstić information content (AvgIpc) is 3.43. The summed E-state index contributed by atoms with van der Waals surface area (Å²) in [7, 11) is -3.77. The van der Waals surface area contributed by atoms with E-state index in [-0.39, 0.29) is 16.6 Å². The topological polar surface area (TPSA) is 83.8 Å². The Labute approximate surface area is 162 Å². The third kappa shape index (κ3) is 3.35. The minimum atomic E-state index is -3.77. The second kappa shape index (κ2) is 7.21. The van der Waals surface area contributed by atoms with Gasteiger partial charge in [0.05, 0.1) is 16.7 Å². The van der Waals surface area contributed by atoms with E-state index in [1.807, 2.05) is 5.38 Å². The standard InChI is InChI=1S/C18H21N3O4S2/c22-21(23)15-5-6-17(18(12-15)27(24,25)19-8-1-2-9-19)20-10-3-4-16(20)14-7-11-26-13-14/h5-7,11-13,16H,1-4,8-10H2/t16-/m1/s1. The summed E-state index contributed by atoms with van der Waals surface area (Å²) in [6.45, 7) is 1.68. The molecule has 144 valence electrons. The molecular weight excluding hydrogens is 386 g/mol. The van der Waals surface area contributed by atoms with E-state index in [1.54, 1.807) is 17.4 Å². The van der Waals surface area contributed by atoms with Crippen LogP contribution in [0.1, 0.15) is 37.3 Å². The third-order valence-corrected chi connectivity index (χ3v) is 7.96. The molecule has 2 aliphatic rings. The number of nitro benzene ring substituents is 1. The van der Waals surface area contributed by atoms with E-state index in [2.05, 4.69) is 16.3 Å². The molecule has 0 spiro atoms. The molecule has 0 N–H and O–H groups in total. The van der Waals surface area contributed by atoms with Gasteiger partial charge in [-0.15, -0.1) is 0 Å². The molecule has 1 atom stereocenters. The molecule has 2 aliphatic heterocycles. The fraction of sp³-hybridized carbons (Fsp3) is 0.444. The van der Waals surface area contributed by atoms with Crippen molar-refractivity contribution in [2.45, 2.75) is 36.6 Å². The minimum Gasteiger partial charge on any atom is -0.363 e. The lowest BCUT2D eigenvalue weighted by Crippen LogP contribution is -2.31. The van der Waals surface area contributed by atoms with E-state index in [1.165, 1.54) is 22.0 Å². The van der Waals surface area contributed by atoms with Crippen molar-refractivity contribution in [1.82, 2.24) is 4.31 Å². The van der Waals surface area contributed by atoms with Crippen LogP contribution in [0, 0.1) is 10.1 Å². The molecule has 1 aromatic heterocycles. The summed E-state index contributed by atoms with van der Waals surface area (Å²) < 4.78 is 28.0. The number of rotatable bonds is 5. The maximum absolute atomic E-state index is 13.3. The summed E-state index contributed by atoms with van der Waals surface area (Å²) in [6, 6.07) is 6.40. The lowest BCUT2D eigenvalue weighted by atomic mass is 10.1. The number of nitro groups is 1. The zero-order valence-electron chi connectivity index (χ0n) is 14.8. The Balaban J connectivity index is 1.81. The van der Waals surface area contributed by atoms with Crippen molar-refractivity contribution in [3.8, 4) is 0 Å². The molecule has 1 aromatic carbocycles. The van der Waals surface area contributed by atoms with Gasteiger partial charge in [-0.2, -0.15) is 15.6 Å². The SMILES string of the molecule is O=[N+]([O-])c1ccc(N2CCC[C@@H]2c2ccsc2)c(S(=O)(=O)N2CCCC2)c1. The molecule has 7 nitrogen and oxygen atoms in total. The van der Waals surface area contributed by atoms with Crippen LogP contribution in [0.5, 0.6) is 0 Å². The van der Waals surface area contributed by atoms with Crippen molar-refractivity contribution in [3.05, 3.63) is 50.7 Å². The van der Waals surface area contributed by atoms with Crippen LogP contribution >= 0.6 is 11.3 Å². The van der Waals surface area contributed by atoms with Crippen molar-refractivity contribution in [3.63, 3.8) is 0 Å². The number of nitrogens with zero attached hydrogens (tertiary/aromatic N) is 3. The molecule has 0 bridgehead atoms. The van der Waals surface area contributed by atoms with Crippen LogP contribution in [0.3, 0.4) is 0 Å². The van der Waals surface area contributed by atoms with Crippen LogP contribution < -0.4 is 4.90 Å². The van der Waals surface area contributed by atoms with Crippen LogP contribution in [-0.2, 0) is 10.0 Å². The highest BCUT2D eigenvalue weighted by atomic mass is 32.2. The third-order valence-electron chi connectivity index (χ3n) is 5.33. The summed E-state index contributed by atoms with van der Waals surface area (Å²) in [5.41, 5.74) is 1.55. The van der Waals surface area contributed by atoms with E-state index in [9.17, 15) is 18.5 Å². The highest BCUT2D eigenvalue weighted by molar-refractivity contribution is 7.89. The number of benzene rings is 1. The van der Waals surface area contributed by atoms with Gasteiger partial charge >= 0.3 is 0 Å². The Morgan fingerprint density at radius 1 is 1.11 bits per heavy atom. The monoisotopic (exact) mass is 407 g/mol. The lowest BCUT2D eigenvalue weighted by Gasteiger charge is -2.29. The molecule has 0 unspecified atom stereocenters. The predicted molar refractivity (Wildman–Crippen MR) is 105 cm³/mol. The number of sulfonamides is 1. The Kier molecular flexibility index (Phi) is 4.92. The lowest BCUT2D eigenvalue weighted by molar-refractivity contribution is -0.385. The van der Waals surface area contributed by atoms with Gasteiger partial charge in [0.1, 0.15) is 4.90 Å². The van der Waals surface area contributed by atoms with Gasteiger partial charge < -0.3 is 4.90 Å². The number of thiophene rings is 1. The van der Waals surface area contributed by atoms with E-state index in [0.29, 0.717) is 18.8 Å². The van der Waals surface area contributed by atoms with Crippen LogP contribution in [0.4, 0.5) is 11.4 Å².